The number of halogens is 2. The molecule has 2 aromatic carbocycles. The molecule has 0 atom stereocenters. The molecule has 1 aromatic heterocycles. The number of methoxy groups -OCH3 is 1. The Bertz CT molecular complexity index is 1150. The van der Waals surface area contributed by atoms with Crippen LogP contribution in [0.25, 0.3) is 0 Å². The summed E-state index contributed by atoms with van der Waals surface area (Å²) in [6.07, 6.45) is 0. The maximum atomic E-state index is 14.6. The Balaban J connectivity index is 1.36. The molecule has 7 nitrogen and oxygen atoms in total. The van der Waals surface area contributed by atoms with E-state index in [0.29, 0.717) is 36.9 Å². The van der Waals surface area contributed by atoms with Crippen molar-refractivity contribution in [2.24, 2.45) is 0 Å². The average molecular weight is 502 g/mol. The quantitative estimate of drug-likeness (QED) is 0.445. The van der Waals surface area contributed by atoms with Crippen LogP contribution in [-0.4, -0.2) is 44.3 Å². The lowest BCUT2D eigenvalue weighted by Gasteiger charge is -2.30. The molecule has 0 bridgehead atoms. The molecule has 0 spiro atoms. The van der Waals surface area contributed by atoms with Crippen molar-refractivity contribution in [1.82, 2.24) is 15.6 Å². The van der Waals surface area contributed by atoms with Crippen molar-refractivity contribution in [3.8, 4) is 5.75 Å². The van der Waals surface area contributed by atoms with Gasteiger partial charge in [-0.15, -0.1) is 11.3 Å². The van der Waals surface area contributed by atoms with Crippen LogP contribution in [0.4, 0.5) is 24.4 Å². The number of nitrogens with zero attached hydrogens (tertiary/aromatic N) is 2. The SMILES string of the molecule is COc1ccc(C(C)(C)c2csc(NC(=O)NCc3cc(F)c(N4CCNCC4)c(F)c3)n2)cc1. The van der Waals surface area contributed by atoms with Crippen LogP contribution in [-0.2, 0) is 12.0 Å². The Hall–Kier alpha value is -3.24. The molecule has 0 unspecified atom stereocenters. The van der Waals surface area contributed by atoms with Gasteiger partial charge in [0, 0.05) is 43.5 Å². The summed E-state index contributed by atoms with van der Waals surface area (Å²) in [6.45, 7) is 6.53. The van der Waals surface area contributed by atoms with E-state index < -0.39 is 17.7 Å². The molecule has 2 heterocycles. The van der Waals surface area contributed by atoms with E-state index in [4.69, 9.17) is 4.74 Å². The number of hydrogen-bond acceptors (Lipinski definition) is 6. The van der Waals surface area contributed by atoms with Crippen molar-refractivity contribution >= 4 is 28.2 Å². The molecular formula is C25H29F2N5O2S. The highest BCUT2D eigenvalue weighted by molar-refractivity contribution is 7.13. The van der Waals surface area contributed by atoms with Gasteiger partial charge in [-0.05, 0) is 35.4 Å². The number of thiazole rings is 1. The number of benzene rings is 2. The molecule has 0 aliphatic carbocycles. The lowest BCUT2D eigenvalue weighted by atomic mass is 9.82. The second-order valence-electron chi connectivity index (χ2n) is 8.84. The van der Waals surface area contributed by atoms with E-state index in [1.807, 2.05) is 29.6 Å². The number of ether oxygens (including phenoxy) is 1. The Morgan fingerprint density at radius 1 is 1.17 bits per heavy atom. The number of rotatable bonds is 7. The van der Waals surface area contributed by atoms with Crippen LogP contribution in [0, 0.1) is 11.6 Å². The number of anilines is 2. The predicted molar refractivity (Wildman–Crippen MR) is 135 cm³/mol. The summed E-state index contributed by atoms with van der Waals surface area (Å²) in [5.74, 6) is -0.482. The number of hydrogen-bond donors (Lipinski definition) is 3. The minimum Gasteiger partial charge on any atom is -0.497 e. The van der Waals surface area contributed by atoms with Gasteiger partial charge in [0.25, 0.3) is 0 Å². The number of piperazine rings is 1. The van der Waals surface area contributed by atoms with Gasteiger partial charge in [0.15, 0.2) is 5.13 Å². The monoisotopic (exact) mass is 501 g/mol. The molecule has 0 saturated carbocycles. The predicted octanol–water partition coefficient (Wildman–Crippen LogP) is 4.49. The van der Waals surface area contributed by atoms with Crippen molar-refractivity contribution in [2.75, 3.05) is 43.5 Å². The Morgan fingerprint density at radius 2 is 1.83 bits per heavy atom. The van der Waals surface area contributed by atoms with Gasteiger partial charge in [-0.1, -0.05) is 26.0 Å². The number of nitrogens with one attached hydrogen (secondary N) is 3. The third kappa shape index (κ3) is 5.71. The molecule has 35 heavy (non-hydrogen) atoms. The minimum atomic E-state index is -0.630. The van der Waals surface area contributed by atoms with Crippen LogP contribution < -0.4 is 25.6 Å². The second-order valence-corrected chi connectivity index (χ2v) is 9.70. The number of carbonyl (C=O) groups excluding carboxylic acids is 1. The highest BCUT2D eigenvalue weighted by Crippen LogP contribution is 2.34. The summed E-state index contributed by atoms with van der Waals surface area (Å²) in [4.78, 5) is 18.7. The topological polar surface area (TPSA) is 78.5 Å². The van der Waals surface area contributed by atoms with Crippen LogP contribution in [0.3, 0.4) is 0 Å². The third-order valence-corrected chi connectivity index (χ3v) is 6.90. The molecular weight excluding hydrogens is 472 g/mol. The number of carbonyl (C=O) groups is 1. The van der Waals surface area contributed by atoms with Crippen molar-refractivity contribution in [3.05, 3.63) is 70.2 Å². The summed E-state index contributed by atoms with van der Waals surface area (Å²) < 4.78 is 34.5. The lowest BCUT2D eigenvalue weighted by molar-refractivity contribution is 0.251. The Kier molecular flexibility index (Phi) is 7.51. The minimum absolute atomic E-state index is 0.0168. The molecule has 1 saturated heterocycles. The number of amides is 2. The lowest BCUT2D eigenvalue weighted by Crippen LogP contribution is -2.44. The van der Waals surface area contributed by atoms with Crippen LogP contribution >= 0.6 is 11.3 Å². The number of urea groups is 1. The summed E-state index contributed by atoms with van der Waals surface area (Å²) >= 11 is 1.31. The largest absolute Gasteiger partial charge is 0.497 e. The van der Waals surface area contributed by atoms with Gasteiger partial charge >= 0.3 is 6.03 Å². The van der Waals surface area contributed by atoms with E-state index >= 15 is 0 Å². The summed E-state index contributed by atoms with van der Waals surface area (Å²) in [7, 11) is 1.62. The molecule has 186 valence electrons. The summed E-state index contributed by atoms with van der Waals surface area (Å²) in [5.41, 5.74) is 1.83. The first-order chi connectivity index (χ1) is 16.8. The van der Waals surface area contributed by atoms with Gasteiger partial charge in [-0.25, -0.2) is 18.6 Å². The molecule has 3 aromatic rings. The molecule has 1 aliphatic heterocycles. The van der Waals surface area contributed by atoms with E-state index in [9.17, 15) is 13.6 Å². The van der Waals surface area contributed by atoms with Gasteiger partial charge in [-0.3, -0.25) is 5.32 Å². The molecule has 1 fully saturated rings. The summed E-state index contributed by atoms with van der Waals surface area (Å²) in [5, 5.41) is 10.8. The average Bonchev–Trinajstić information content (AvgIpc) is 3.32. The van der Waals surface area contributed by atoms with Crippen LogP contribution in [0.1, 0.15) is 30.7 Å². The van der Waals surface area contributed by atoms with E-state index in [0.717, 1.165) is 17.0 Å². The zero-order chi connectivity index (χ0) is 25.0. The summed E-state index contributed by atoms with van der Waals surface area (Å²) in [6, 6.07) is 9.81. The maximum Gasteiger partial charge on any atom is 0.321 e. The smallest absolute Gasteiger partial charge is 0.321 e. The fourth-order valence-electron chi connectivity index (χ4n) is 4.01. The highest BCUT2D eigenvalue weighted by atomic mass is 32.1. The normalized spacial score (nSPS) is 14.0. The second kappa shape index (κ2) is 10.6. The third-order valence-electron chi connectivity index (χ3n) is 6.14. The molecule has 0 radical (unpaired) electrons. The maximum absolute atomic E-state index is 14.6. The van der Waals surface area contributed by atoms with E-state index in [1.165, 1.54) is 23.5 Å². The van der Waals surface area contributed by atoms with Crippen molar-refractivity contribution in [3.63, 3.8) is 0 Å². The van der Waals surface area contributed by atoms with Gasteiger partial charge in [0.1, 0.15) is 23.1 Å². The van der Waals surface area contributed by atoms with Gasteiger partial charge in [0.2, 0.25) is 0 Å². The van der Waals surface area contributed by atoms with Crippen molar-refractivity contribution in [1.29, 1.82) is 0 Å². The van der Waals surface area contributed by atoms with Crippen molar-refractivity contribution < 1.29 is 18.3 Å². The Labute approximate surface area is 207 Å². The van der Waals surface area contributed by atoms with E-state index in [1.54, 1.807) is 12.0 Å². The van der Waals surface area contributed by atoms with Crippen LogP contribution in [0.5, 0.6) is 5.75 Å². The van der Waals surface area contributed by atoms with Gasteiger partial charge < -0.3 is 20.3 Å². The molecule has 4 rings (SSSR count). The first kappa shape index (κ1) is 24.9. The zero-order valence-corrected chi connectivity index (χ0v) is 20.8. The van der Waals surface area contributed by atoms with Crippen LogP contribution in [0.15, 0.2) is 41.8 Å². The molecule has 1 aliphatic rings. The van der Waals surface area contributed by atoms with Crippen molar-refractivity contribution in [2.45, 2.75) is 25.8 Å². The first-order valence-corrected chi connectivity index (χ1v) is 12.2. The molecule has 3 N–H and O–H groups in total. The fourth-order valence-corrected chi connectivity index (χ4v) is 4.88. The number of aromatic nitrogens is 1. The van der Waals surface area contributed by atoms with Crippen LogP contribution in [0.2, 0.25) is 0 Å². The molecule has 2 amide bonds. The van der Waals surface area contributed by atoms with E-state index in [-0.39, 0.29) is 17.6 Å². The highest BCUT2D eigenvalue weighted by Gasteiger charge is 2.26. The zero-order valence-electron chi connectivity index (χ0n) is 20.0. The standard InChI is InChI=1S/C25H29F2N5O2S/c1-25(2,17-4-6-18(34-3)7-5-17)21-15-35-24(30-21)31-23(33)29-14-16-12-19(26)22(20(27)13-16)32-10-8-28-9-11-32/h4-7,12-13,15,28H,8-11,14H2,1-3H3,(H2,29,30,31,33). The Morgan fingerprint density at radius 3 is 2.46 bits per heavy atom. The van der Waals surface area contributed by atoms with Gasteiger partial charge in [0.05, 0.1) is 12.8 Å². The molecule has 10 heteroatoms. The van der Waals surface area contributed by atoms with Gasteiger partial charge in [-0.2, -0.15) is 0 Å². The van der Waals surface area contributed by atoms with E-state index in [2.05, 4.69) is 34.8 Å². The fraction of sp³-hybridized carbons (Fsp3) is 0.360. The first-order valence-electron chi connectivity index (χ1n) is 11.4.